The van der Waals surface area contributed by atoms with Crippen molar-refractivity contribution in [2.75, 3.05) is 0 Å². The van der Waals surface area contributed by atoms with Gasteiger partial charge in [0, 0.05) is 6.42 Å². The van der Waals surface area contributed by atoms with Crippen molar-refractivity contribution in [3.63, 3.8) is 0 Å². The second-order valence-electron chi connectivity index (χ2n) is 5.98. The Balaban J connectivity index is 1.81. The van der Waals surface area contributed by atoms with E-state index < -0.39 is 17.9 Å². The maximum atomic E-state index is 11.3. The first-order chi connectivity index (χ1) is 8.97. The predicted octanol–water partition coefficient (Wildman–Crippen LogP) is 2.15. The number of carboxylic acids is 2. The number of carboxylic acid groups (broad SMARTS) is 2. The molecule has 0 bridgehead atoms. The van der Waals surface area contributed by atoms with Crippen LogP contribution in [0.5, 0.6) is 0 Å². The van der Waals surface area contributed by atoms with Crippen LogP contribution in [0, 0.1) is 17.8 Å². The van der Waals surface area contributed by atoms with Crippen molar-refractivity contribution >= 4 is 11.9 Å². The van der Waals surface area contributed by atoms with Crippen LogP contribution in [-0.2, 0) is 14.3 Å². The van der Waals surface area contributed by atoms with Gasteiger partial charge in [0.05, 0.1) is 18.1 Å². The Morgan fingerprint density at radius 1 is 1.26 bits per heavy atom. The Hall–Kier alpha value is -1.10. The molecule has 5 nitrogen and oxygen atoms in total. The first kappa shape index (κ1) is 14.3. The van der Waals surface area contributed by atoms with Crippen LogP contribution in [0.1, 0.15) is 45.4 Å². The average molecular weight is 270 g/mol. The summed E-state index contributed by atoms with van der Waals surface area (Å²) in [5.41, 5.74) is 0. The summed E-state index contributed by atoms with van der Waals surface area (Å²) in [6, 6.07) is 0. The average Bonchev–Trinajstić information content (AvgIpc) is 3.04. The summed E-state index contributed by atoms with van der Waals surface area (Å²) in [7, 11) is 0. The van der Waals surface area contributed by atoms with Crippen molar-refractivity contribution in [3.05, 3.63) is 0 Å². The molecule has 0 aromatic carbocycles. The molecule has 0 amide bonds. The second kappa shape index (κ2) is 5.90. The lowest BCUT2D eigenvalue weighted by Crippen LogP contribution is -2.27. The summed E-state index contributed by atoms with van der Waals surface area (Å²) < 4.78 is 5.51. The molecule has 1 aliphatic carbocycles. The van der Waals surface area contributed by atoms with Crippen molar-refractivity contribution in [2.45, 2.75) is 57.7 Å². The maximum Gasteiger partial charge on any atom is 0.306 e. The largest absolute Gasteiger partial charge is 0.481 e. The van der Waals surface area contributed by atoms with Gasteiger partial charge in [0.25, 0.3) is 0 Å². The molecule has 5 atom stereocenters. The molecule has 1 saturated carbocycles. The molecular weight excluding hydrogens is 248 g/mol. The molecular formula is C14H22O5. The van der Waals surface area contributed by atoms with Gasteiger partial charge in [0.15, 0.2) is 0 Å². The van der Waals surface area contributed by atoms with E-state index in [1.54, 1.807) is 0 Å². The fourth-order valence-corrected chi connectivity index (χ4v) is 3.22. The molecule has 5 unspecified atom stereocenters. The van der Waals surface area contributed by atoms with E-state index in [4.69, 9.17) is 9.84 Å². The molecule has 0 aromatic heterocycles. The van der Waals surface area contributed by atoms with Crippen LogP contribution in [0.4, 0.5) is 0 Å². The Morgan fingerprint density at radius 2 is 1.95 bits per heavy atom. The third-order valence-electron chi connectivity index (χ3n) is 4.51. The lowest BCUT2D eigenvalue weighted by Gasteiger charge is -2.28. The number of aliphatic carboxylic acids is 2. The van der Waals surface area contributed by atoms with Gasteiger partial charge in [-0.05, 0) is 43.9 Å². The predicted molar refractivity (Wildman–Crippen MR) is 67.8 cm³/mol. The zero-order valence-corrected chi connectivity index (χ0v) is 11.2. The number of ether oxygens (including phenoxy) is 1. The fourth-order valence-electron chi connectivity index (χ4n) is 3.22. The summed E-state index contributed by atoms with van der Waals surface area (Å²) in [6.45, 7) is 2.17. The van der Waals surface area contributed by atoms with Gasteiger partial charge in [-0.1, -0.05) is 6.92 Å². The standard InChI is InChI=1S/C14H22O5/c1-8-5-11-12(19-11)7-10(8)6-9(14(17)18)3-2-4-13(15)16/h8-12H,2-7H2,1H3,(H,15,16)(H,17,18). The second-order valence-corrected chi connectivity index (χ2v) is 5.98. The molecule has 19 heavy (non-hydrogen) atoms. The lowest BCUT2D eigenvalue weighted by atomic mass is 9.75. The molecule has 2 aliphatic rings. The smallest absolute Gasteiger partial charge is 0.306 e. The van der Waals surface area contributed by atoms with Gasteiger partial charge < -0.3 is 14.9 Å². The molecule has 2 rings (SSSR count). The van der Waals surface area contributed by atoms with Crippen molar-refractivity contribution in [2.24, 2.45) is 17.8 Å². The van der Waals surface area contributed by atoms with Gasteiger partial charge in [-0.3, -0.25) is 9.59 Å². The zero-order chi connectivity index (χ0) is 14.0. The highest BCUT2D eigenvalue weighted by Gasteiger charge is 2.47. The molecule has 1 heterocycles. The van der Waals surface area contributed by atoms with Crippen LogP contribution < -0.4 is 0 Å². The summed E-state index contributed by atoms with van der Waals surface area (Å²) in [5, 5.41) is 17.9. The maximum absolute atomic E-state index is 11.3. The first-order valence-electron chi connectivity index (χ1n) is 7.07. The van der Waals surface area contributed by atoms with Gasteiger partial charge in [0.2, 0.25) is 0 Å². The van der Waals surface area contributed by atoms with Crippen molar-refractivity contribution in [1.29, 1.82) is 0 Å². The van der Waals surface area contributed by atoms with Crippen molar-refractivity contribution < 1.29 is 24.5 Å². The van der Waals surface area contributed by atoms with Gasteiger partial charge in [-0.2, -0.15) is 0 Å². The minimum Gasteiger partial charge on any atom is -0.481 e. The van der Waals surface area contributed by atoms with Crippen LogP contribution in [0.3, 0.4) is 0 Å². The highest BCUT2D eigenvalue weighted by Crippen LogP contribution is 2.45. The van der Waals surface area contributed by atoms with Crippen molar-refractivity contribution in [3.8, 4) is 0 Å². The molecule has 5 heteroatoms. The van der Waals surface area contributed by atoms with E-state index >= 15 is 0 Å². The molecule has 2 N–H and O–H groups in total. The van der Waals surface area contributed by atoms with Gasteiger partial charge >= 0.3 is 11.9 Å². The SMILES string of the molecule is CC1CC2OC2CC1CC(CCCC(=O)O)C(=O)O. The Bertz CT molecular complexity index is 354. The number of fused-ring (bicyclic) bond motifs is 1. The summed E-state index contributed by atoms with van der Waals surface area (Å²) in [6.07, 6.45) is 4.39. The molecule has 0 radical (unpaired) electrons. The van der Waals surface area contributed by atoms with E-state index in [2.05, 4.69) is 6.92 Å². The molecule has 108 valence electrons. The van der Waals surface area contributed by atoms with Gasteiger partial charge in [-0.15, -0.1) is 0 Å². The normalized spacial score (nSPS) is 34.4. The minimum atomic E-state index is -0.857. The van der Waals surface area contributed by atoms with Crippen LogP contribution in [0.2, 0.25) is 0 Å². The third kappa shape index (κ3) is 3.93. The van der Waals surface area contributed by atoms with E-state index in [9.17, 15) is 14.7 Å². The number of carbonyl (C=O) groups is 2. The van der Waals surface area contributed by atoms with Crippen LogP contribution >= 0.6 is 0 Å². The minimum absolute atomic E-state index is 0.0534. The fraction of sp³-hybridized carbons (Fsp3) is 0.857. The highest BCUT2D eigenvalue weighted by atomic mass is 16.6. The summed E-state index contributed by atoms with van der Waals surface area (Å²) in [4.78, 5) is 21.7. The monoisotopic (exact) mass is 270 g/mol. The molecule has 0 aromatic rings. The third-order valence-corrected chi connectivity index (χ3v) is 4.51. The van der Waals surface area contributed by atoms with E-state index in [1.165, 1.54) is 0 Å². The molecule has 1 aliphatic heterocycles. The Morgan fingerprint density at radius 3 is 2.58 bits per heavy atom. The Labute approximate surface area is 112 Å². The van der Waals surface area contributed by atoms with Crippen molar-refractivity contribution in [1.82, 2.24) is 0 Å². The van der Waals surface area contributed by atoms with Crippen LogP contribution in [0.25, 0.3) is 0 Å². The Kier molecular flexibility index (Phi) is 4.45. The number of hydrogen-bond donors (Lipinski definition) is 2. The molecule has 0 spiro atoms. The quantitative estimate of drug-likeness (QED) is 0.692. The topological polar surface area (TPSA) is 87.1 Å². The molecule has 2 fully saturated rings. The summed E-state index contributed by atoms with van der Waals surface area (Å²) >= 11 is 0. The highest BCUT2D eigenvalue weighted by molar-refractivity contribution is 5.70. The van der Waals surface area contributed by atoms with Crippen LogP contribution in [-0.4, -0.2) is 34.4 Å². The van der Waals surface area contributed by atoms with E-state index in [1.807, 2.05) is 0 Å². The number of epoxide rings is 1. The first-order valence-corrected chi connectivity index (χ1v) is 7.07. The summed E-state index contributed by atoms with van der Waals surface area (Å²) in [5.74, 6) is -1.16. The van der Waals surface area contributed by atoms with E-state index in [0.29, 0.717) is 43.3 Å². The van der Waals surface area contributed by atoms with E-state index in [0.717, 1.165) is 12.8 Å². The van der Waals surface area contributed by atoms with Crippen LogP contribution in [0.15, 0.2) is 0 Å². The lowest BCUT2D eigenvalue weighted by molar-refractivity contribution is -0.143. The van der Waals surface area contributed by atoms with E-state index in [-0.39, 0.29) is 6.42 Å². The number of hydrogen-bond acceptors (Lipinski definition) is 3. The van der Waals surface area contributed by atoms with Gasteiger partial charge in [-0.25, -0.2) is 0 Å². The molecule has 1 saturated heterocycles. The van der Waals surface area contributed by atoms with Gasteiger partial charge in [0.1, 0.15) is 0 Å². The number of rotatable bonds is 7. The zero-order valence-electron chi connectivity index (χ0n) is 11.2.